The summed E-state index contributed by atoms with van der Waals surface area (Å²) in [6.45, 7) is 1.72. The molecule has 2 N–H and O–H groups in total. The third-order valence-electron chi connectivity index (χ3n) is 4.00. The van der Waals surface area contributed by atoms with Crippen LogP contribution in [-0.4, -0.2) is 28.4 Å². The van der Waals surface area contributed by atoms with E-state index in [1.54, 1.807) is 30.3 Å². The van der Waals surface area contributed by atoms with Gasteiger partial charge in [0.15, 0.2) is 6.61 Å². The van der Waals surface area contributed by atoms with Gasteiger partial charge < -0.3 is 10.5 Å². The van der Waals surface area contributed by atoms with Crippen LogP contribution in [0.4, 0.5) is 0 Å². The summed E-state index contributed by atoms with van der Waals surface area (Å²) in [5.74, 6) is 0.317. The third kappa shape index (κ3) is 5.02. The average Bonchev–Trinajstić information content (AvgIpc) is 2.67. The quantitative estimate of drug-likeness (QED) is 0.526. The molecule has 3 rings (SSSR count). The Morgan fingerprint density at radius 2 is 2.14 bits per heavy atom. The number of fused-ring (bicyclic) bond motifs is 1. The molecule has 9 heteroatoms. The highest BCUT2D eigenvalue weighted by atomic mass is 79.9. The van der Waals surface area contributed by atoms with Crippen LogP contribution in [-0.2, 0) is 11.2 Å². The number of nitrogens with two attached hydrogens (primary N) is 1. The van der Waals surface area contributed by atoms with Crippen molar-refractivity contribution in [2.24, 2.45) is 10.8 Å². The zero-order chi connectivity index (χ0) is 21.0. The molecule has 0 unspecified atom stereocenters. The number of halogens is 2. The van der Waals surface area contributed by atoms with Gasteiger partial charge in [-0.25, -0.2) is 4.98 Å². The SMILES string of the molecule is CCCc1nc2ccc(Br)cc2c(=O)n1N=Cc1cc(Cl)ccc1OCC(N)=O. The molecule has 0 atom stereocenters. The highest BCUT2D eigenvalue weighted by molar-refractivity contribution is 9.10. The first kappa shape index (κ1) is 21.0. The maximum atomic E-state index is 13.0. The van der Waals surface area contributed by atoms with Gasteiger partial charge in [0.2, 0.25) is 0 Å². The Kier molecular flexibility index (Phi) is 6.66. The van der Waals surface area contributed by atoms with E-state index in [0.717, 1.165) is 10.9 Å². The second kappa shape index (κ2) is 9.19. The van der Waals surface area contributed by atoms with Gasteiger partial charge in [-0.15, -0.1) is 0 Å². The van der Waals surface area contributed by atoms with E-state index in [4.69, 9.17) is 22.1 Å². The van der Waals surface area contributed by atoms with Crippen LogP contribution in [0.15, 0.2) is 50.8 Å². The summed E-state index contributed by atoms with van der Waals surface area (Å²) in [5.41, 5.74) is 5.98. The van der Waals surface area contributed by atoms with Gasteiger partial charge in [0.05, 0.1) is 17.1 Å². The Morgan fingerprint density at radius 1 is 1.34 bits per heavy atom. The number of nitrogens with zero attached hydrogens (tertiary/aromatic N) is 3. The molecule has 0 bridgehead atoms. The normalized spacial score (nSPS) is 11.3. The van der Waals surface area contributed by atoms with Crippen LogP contribution >= 0.6 is 27.5 Å². The Balaban J connectivity index is 2.09. The second-order valence-electron chi connectivity index (χ2n) is 6.24. The highest BCUT2D eigenvalue weighted by Crippen LogP contribution is 2.22. The Bertz CT molecular complexity index is 1160. The number of benzene rings is 2. The first-order valence-electron chi connectivity index (χ1n) is 8.85. The second-order valence-corrected chi connectivity index (χ2v) is 7.59. The first-order chi connectivity index (χ1) is 13.9. The number of carbonyl (C=O) groups is 1. The van der Waals surface area contributed by atoms with Crippen molar-refractivity contribution in [1.82, 2.24) is 9.66 Å². The van der Waals surface area contributed by atoms with Gasteiger partial charge in [0.25, 0.3) is 11.5 Å². The number of primary amides is 1. The van der Waals surface area contributed by atoms with Gasteiger partial charge in [-0.1, -0.05) is 34.5 Å². The van der Waals surface area contributed by atoms with Crippen LogP contribution in [0.2, 0.25) is 5.02 Å². The van der Waals surface area contributed by atoms with Gasteiger partial charge in [0.1, 0.15) is 11.6 Å². The Morgan fingerprint density at radius 3 is 2.86 bits per heavy atom. The number of carbonyl (C=O) groups excluding carboxylic acids is 1. The van der Waals surface area contributed by atoms with Crippen molar-refractivity contribution in [2.75, 3.05) is 6.61 Å². The maximum Gasteiger partial charge on any atom is 0.282 e. The molecule has 1 amide bonds. The van der Waals surface area contributed by atoms with E-state index in [0.29, 0.717) is 39.5 Å². The molecule has 7 nitrogen and oxygen atoms in total. The summed E-state index contributed by atoms with van der Waals surface area (Å²) in [6, 6.07) is 10.2. The van der Waals surface area contributed by atoms with E-state index < -0.39 is 5.91 Å². The van der Waals surface area contributed by atoms with Crippen LogP contribution in [0.3, 0.4) is 0 Å². The Labute approximate surface area is 180 Å². The highest BCUT2D eigenvalue weighted by Gasteiger charge is 2.11. The van der Waals surface area contributed by atoms with Gasteiger partial charge >= 0.3 is 0 Å². The van der Waals surface area contributed by atoms with Crippen molar-refractivity contribution in [2.45, 2.75) is 19.8 Å². The largest absolute Gasteiger partial charge is 0.483 e. The van der Waals surface area contributed by atoms with E-state index in [1.165, 1.54) is 10.9 Å². The smallest absolute Gasteiger partial charge is 0.282 e. The minimum Gasteiger partial charge on any atom is -0.483 e. The van der Waals surface area contributed by atoms with Gasteiger partial charge in [-0.2, -0.15) is 9.78 Å². The van der Waals surface area contributed by atoms with Crippen molar-refractivity contribution in [1.29, 1.82) is 0 Å². The standard InChI is InChI=1S/C20H18BrClN4O3/c1-2-3-19-25-16-6-4-13(21)9-15(16)20(28)26(19)24-10-12-8-14(22)5-7-17(12)29-11-18(23)27/h4-10H,2-3,11H2,1H3,(H2,23,27). The number of amides is 1. The number of rotatable bonds is 7. The molecule has 2 aromatic carbocycles. The molecular formula is C20H18BrClN4O3. The van der Waals surface area contributed by atoms with Crippen LogP contribution in [0.1, 0.15) is 24.7 Å². The van der Waals surface area contributed by atoms with Crippen molar-refractivity contribution in [3.05, 3.63) is 67.6 Å². The van der Waals surface area contributed by atoms with Crippen molar-refractivity contribution >= 4 is 50.6 Å². The molecule has 0 saturated carbocycles. The van der Waals surface area contributed by atoms with Gasteiger partial charge in [-0.05, 0) is 42.8 Å². The lowest BCUT2D eigenvalue weighted by molar-refractivity contribution is -0.119. The molecule has 3 aromatic rings. The summed E-state index contributed by atoms with van der Waals surface area (Å²) in [5, 5.41) is 5.26. The zero-order valence-electron chi connectivity index (χ0n) is 15.6. The lowest BCUT2D eigenvalue weighted by Crippen LogP contribution is -2.22. The summed E-state index contributed by atoms with van der Waals surface area (Å²) < 4.78 is 7.45. The molecule has 0 aliphatic carbocycles. The molecule has 150 valence electrons. The van der Waals surface area contributed by atoms with Crippen LogP contribution < -0.4 is 16.0 Å². The molecule has 0 saturated heterocycles. The lowest BCUT2D eigenvalue weighted by Gasteiger charge is -2.10. The van der Waals surface area contributed by atoms with E-state index >= 15 is 0 Å². The molecule has 0 spiro atoms. The maximum absolute atomic E-state index is 13.0. The molecular weight excluding hydrogens is 460 g/mol. The zero-order valence-corrected chi connectivity index (χ0v) is 17.9. The van der Waals surface area contributed by atoms with Crippen LogP contribution in [0.25, 0.3) is 10.9 Å². The van der Waals surface area contributed by atoms with E-state index in [1.807, 2.05) is 13.0 Å². The molecule has 29 heavy (non-hydrogen) atoms. The molecule has 1 heterocycles. The minimum atomic E-state index is -0.603. The van der Waals surface area contributed by atoms with E-state index in [-0.39, 0.29) is 12.2 Å². The third-order valence-corrected chi connectivity index (χ3v) is 4.73. The number of hydrogen-bond donors (Lipinski definition) is 1. The molecule has 0 radical (unpaired) electrons. The number of ether oxygens (including phenoxy) is 1. The molecule has 1 aromatic heterocycles. The van der Waals surface area contributed by atoms with Crippen molar-refractivity contribution in [3.8, 4) is 5.75 Å². The van der Waals surface area contributed by atoms with Crippen LogP contribution in [0, 0.1) is 0 Å². The summed E-state index contributed by atoms with van der Waals surface area (Å²) >= 11 is 9.45. The fourth-order valence-corrected chi connectivity index (χ4v) is 3.26. The Hall–Kier alpha value is -2.71. The van der Waals surface area contributed by atoms with Crippen molar-refractivity contribution < 1.29 is 9.53 Å². The molecule has 0 aliphatic heterocycles. The number of aryl methyl sites for hydroxylation is 1. The number of hydrogen-bond acceptors (Lipinski definition) is 5. The lowest BCUT2D eigenvalue weighted by atomic mass is 10.2. The fourth-order valence-electron chi connectivity index (χ4n) is 2.72. The van der Waals surface area contributed by atoms with E-state index in [9.17, 15) is 9.59 Å². The fraction of sp³-hybridized carbons (Fsp3) is 0.200. The van der Waals surface area contributed by atoms with Crippen LogP contribution in [0.5, 0.6) is 5.75 Å². The monoisotopic (exact) mass is 476 g/mol. The predicted octanol–water partition coefficient (Wildman–Crippen LogP) is 3.51. The van der Waals surface area contributed by atoms with Gasteiger partial charge in [0, 0.05) is 21.5 Å². The topological polar surface area (TPSA) is 99.6 Å². The van der Waals surface area contributed by atoms with Crippen molar-refractivity contribution in [3.63, 3.8) is 0 Å². The molecule has 0 aliphatic rings. The first-order valence-corrected chi connectivity index (χ1v) is 10.0. The van der Waals surface area contributed by atoms with E-state index in [2.05, 4.69) is 26.0 Å². The summed E-state index contributed by atoms with van der Waals surface area (Å²) in [7, 11) is 0. The summed E-state index contributed by atoms with van der Waals surface area (Å²) in [6.07, 6.45) is 2.83. The molecule has 0 fully saturated rings. The predicted molar refractivity (Wildman–Crippen MR) is 117 cm³/mol. The summed E-state index contributed by atoms with van der Waals surface area (Å²) in [4.78, 5) is 28.6. The average molecular weight is 478 g/mol. The van der Waals surface area contributed by atoms with Gasteiger partial charge in [-0.3, -0.25) is 9.59 Å². The number of aromatic nitrogens is 2. The minimum absolute atomic E-state index is 0.280.